The SMILES string of the molecule is CCOCc1nc(NC)cc(NC2CC(C)C2)n1. The second-order valence-electron chi connectivity index (χ2n) is 4.86. The average molecular weight is 250 g/mol. The second-order valence-corrected chi connectivity index (χ2v) is 4.86. The molecule has 0 saturated heterocycles. The number of nitrogens with zero attached hydrogens (tertiary/aromatic N) is 2. The quantitative estimate of drug-likeness (QED) is 0.811. The largest absolute Gasteiger partial charge is 0.374 e. The topological polar surface area (TPSA) is 59.1 Å². The molecule has 18 heavy (non-hydrogen) atoms. The van der Waals surface area contributed by atoms with Gasteiger partial charge in [0, 0.05) is 25.8 Å². The Labute approximate surface area is 108 Å². The molecule has 1 aromatic rings. The fourth-order valence-corrected chi connectivity index (χ4v) is 2.19. The fraction of sp³-hybridized carbons (Fsp3) is 0.692. The van der Waals surface area contributed by atoms with E-state index in [1.165, 1.54) is 12.8 Å². The molecule has 0 bridgehead atoms. The zero-order valence-electron chi connectivity index (χ0n) is 11.4. The summed E-state index contributed by atoms with van der Waals surface area (Å²) in [7, 11) is 1.86. The lowest BCUT2D eigenvalue weighted by Crippen LogP contribution is -2.34. The summed E-state index contributed by atoms with van der Waals surface area (Å²) in [4.78, 5) is 8.85. The molecular formula is C13H22N4O. The Hall–Kier alpha value is -1.36. The van der Waals surface area contributed by atoms with Crippen LogP contribution in [0.3, 0.4) is 0 Å². The van der Waals surface area contributed by atoms with E-state index in [-0.39, 0.29) is 0 Å². The van der Waals surface area contributed by atoms with Gasteiger partial charge in [-0.05, 0) is 25.7 Å². The molecule has 0 radical (unpaired) electrons. The molecule has 1 fully saturated rings. The van der Waals surface area contributed by atoms with Crippen molar-refractivity contribution in [2.45, 2.75) is 39.3 Å². The molecule has 2 N–H and O–H groups in total. The normalized spacial score (nSPS) is 22.4. The molecule has 2 rings (SSSR count). The van der Waals surface area contributed by atoms with E-state index >= 15 is 0 Å². The minimum absolute atomic E-state index is 0.460. The first-order chi connectivity index (χ1) is 8.71. The first kappa shape index (κ1) is 13.1. The van der Waals surface area contributed by atoms with Crippen molar-refractivity contribution in [1.29, 1.82) is 0 Å². The lowest BCUT2D eigenvalue weighted by Gasteiger charge is -2.33. The predicted molar refractivity (Wildman–Crippen MR) is 72.7 cm³/mol. The summed E-state index contributed by atoms with van der Waals surface area (Å²) >= 11 is 0. The van der Waals surface area contributed by atoms with Crippen LogP contribution in [0.25, 0.3) is 0 Å². The Balaban J connectivity index is 2.03. The number of nitrogens with one attached hydrogen (secondary N) is 2. The minimum atomic E-state index is 0.460. The van der Waals surface area contributed by atoms with Crippen molar-refractivity contribution in [3.63, 3.8) is 0 Å². The summed E-state index contributed by atoms with van der Waals surface area (Å²) in [5, 5.41) is 6.51. The van der Waals surface area contributed by atoms with Crippen LogP contribution in [0.1, 0.15) is 32.5 Å². The maximum Gasteiger partial charge on any atom is 0.158 e. The zero-order chi connectivity index (χ0) is 13.0. The van der Waals surface area contributed by atoms with Gasteiger partial charge in [0.15, 0.2) is 5.82 Å². The molecule has 0 unspecified atom stereocenters. The smallest absolute Gasteiger partial charge is 0.158 e. The molecule has 1 aliphatic rings. The third kappa shape index (κ3) is 3.32. The molecule has 1 aliphatic carbocycles. The summed E-state index contributed by atoms with van der Waals surface area (Å²) < 4.78 is 5.36. The molecule has 1 heterocycles. The zero-order valence-corrected chi connectivity index (χ0v) is 11.4. The first-order valence-corrected chi connectivity index (χ1v) is 6.61. The number of ether oxygens (including phenoxy) is 1. The van der Waals surface area contributed by atoms with E-state index in [1.54, 1.807) is 0 Å². The van der Waals surface area contributed by atoms with Gasteiger partial charge in [0.2, 0.25) is 0 Å². The van der Waals surface area contributed by atoms with Gasteiger partial charge < -0.3 is 15.4 Å². The highest BCUT2D eigenvalue weighted by Gasteiger charge is 2.25. The van der Waals surface area contributed by atoms with Crippen molar-refractivity contribution in [2.24, 2.45) is 5.92 Å². The van der Waals surface area contributed by atoms with Crippen LogP contribution in [0, 0.1) is 5.92 Å². The summed E-state index contributed by atoms with van der Waals surface area (Å²) in [5.74, 6) is 3.27. The van der Waals surface area contributed by atoms with E-state index in [9.17, 15) is 0 Å². The molecule has 0 aromatic carbocycles. The van der Waals surface area contributed by atoms with Crippen LogP contribution in [0.5, 0.6) is 0 Å². The van der Waals surface area contributed by atoms with Crippen LogP contribution < -0.4 is 10.6 Å². The van der Waals surface area contributed by atoms with Gasteiger partial charge >= 0.3 is 0 Å². The third-order valence-electron chi connectivity index (χ3n) is 3.19. The molecular weight excluding hydrogens is 228 g/mol. The van der Waals surface area contributed by atoms with Crippen molar-refractivity contribution in [2.75, 3.05) is 24.3 Å². The Bertz CT molecular complexity index is 391. The minimum Gasteiger partial charge on any atom is -0.374 e. The third-order valence-corrected chi connectivity index (χ3v) is 3.19. The molecule has 1 aromatic heterocycles. The van der Waals surface area contributed by atoms with E-state index in [0.29, 0.717) is 19.3 Å². The molecule has 5 heteroatoms. The molecule has 0 spiro atoms. The summed E-state index contributed by atoms with van der Waals surface area (Å²) in [6, 6.07) is 2.50. The van der Waals surface area contributed by atoms with Gasteiger partial charge in [-0.1, -0.05) is 6.92 Å². The highest BCUT2D eigenvalue weighted by atomic mass is 16.5. The van der Waals surface area contributed by atoms with E-state index in [1.807, 2.05) is 20.0 Å². The van der Waals surface area contributed by atoms with E-state index < -0.39 is 0 Å². The summed E-state index contributed by atoms with van der Waals surface area (Å²) in [6.07, 6.45) is 2.44. The lowest BCUT2D eigenvalue weighted by molar-refractivity contribution is 0.128. The number of rotatable bonds is 6. The van der Waals surface area contributed by atoms with Crippen LogP contribution in [0.15, 0.2) is 6.07 Å². The second kappa shape index (κ2) is 6.00. The molecule has 0 aliphatic heterocycles. The standard InChI is InChI=1S/C13H22N4O/c1-4-18-8-13-16-11(14-3)7-12(17-13)15-10-5-9(2)6-10/h7,9-10H,4-6,8H2,1-3H3,(H2,14,15,16,17). The van der Waals surface area contributed by atoms with Crippen molar-refractivity contribution in [3.05, 3.63) is 11.9 Å². The number of hydrogen-bond donors (Lipinski definition) is 2. The Morgan fingerprint density at radius 2 is 2.06 bits per heavy atom. The van der Waals surface area contributed by atoms with E-state index in [2.05, 4.69) is 27.5 Å². The lowest BCUT2D eigenvalue weighted by atomic mass is 9.82. The summed E-state index contributed by atoms with van der Waals surface area (Å²) in [6.45, 7) is 5.38. The van der Waals surface area contributed by atoms with Gasteiger partial charge in [-0.3, -0.25) is 0 Å². The monoisotopic (exact) mass is 250 g/mol. The molecule has 0 atom stereocenters. The fourth-order valence-electron chi connectivity index (χ4n) is 2.19. The van der Waals surface area contributed by atoms with Crippen molar-refractivity contribution in [3.8, 4) is 0 Å². The molecule has 1 saturated carbocycles. The highest BCUT2D eigenvalue weighted by molar-refractivity contribution is 5.48. The van der Waals surface area contributed by atoms with E-state index in [4.69, 9.17) is 4.74 Å². The maximum atomic E-state index is 5.36. The summed E-state index contributed by atoms with van der Waals surface area (Å²) in [5.41, 5.74) is 0. The van der Waals surface area contributed by atoms with Crippen molar-refractivity contribution < 1.29 is 4.74 Å². The number of hydrogen-bond acceptors (Lipinski definition) is 5. The van der Waals surface area contributed by atoms with Gasteiger partial charge in [-0.15, -0.1) is 0 Å². The van der Waals surface area contributed by atoms with Crippen LogP contribution in [-0.4, -0.2) is 29.7 Å². The van der Waals surface area contributed by atoms with Gasteiger partial charge in [0.25, 0.3) is 0 Å². The maximum absolute atomic E-state index is 5.36. The molecule has 5 nitrogen and oxygen atoms in total. The van der Waals surface area contributed by atoms with Gasteiger partial charge in [-0.2, -0.15) is 0 Å². The molecule has 100 valence electrons. The Morgan fingerprint density at radius 3 is 2.67 bits per heavy atom. The van der Waals surface area contributed by atoms with E-state index in [0.717, 1.165) is 23.4 Å². The van der Waals surface area contributed by atoms with Crippen molar-refractivity contribution in [1.82, 2.24) is 9.97 Å². The van der Waals surface area contributed by atoms with Gasteiger partial charge in [-0.25, -0.2) is 9.97 Å². The molecule has 0 amide bonds. The first-order valence-electron chi connectivity index (χ1n) is 6.61. The van der Waals surface area contributed by atoms with Crippen LogP contribution in [0.4, 0.5) is 11.6 Å². The van der Waals surface area contributed by atoms with Crippen molar-refractivity contribution >= 4 is 11.6 Å². The number of aromatic nitrogens is 2. The Kier molecular flexibility index (Phi) is 4.36. The van der Waals surface area contributed by atoms with Crippen LogP contribution in [0.2, 0.25) is 0 Å². The van der Waals surface area contributed by atoms with Gasteiger partial charge in [0.05, 0.1) is 0 Å². The van der Waals surface area contributed by atoms with Crippen LogP contribution >= 0.6 is 0 Å². The van der Waals surface area contributed by atoms with Crippen LogP contribution in [-0.2, 0) is 11.3 Å². The Morgan fingerprint density at radius 1 is 1.33 bits per heavy atom. The van der Waals surface area contributed by atoms with Gasteiger partial charge in [0.1, 0.15) is 18.2 Å². The highest BCUT2D eigenvalue weighted by Crippen LogP contribution is 2.29. The number of anilines is 2. The predicted octanol–water partition coefficient (Wildman–Crippen LogP) is 2.27. The average Bonchev–Trinajstić information content (AvgIpc) is 2.34.